The molecule has 3 aromatic rings. The largest absolute Gasteiger partial charge is 0.443 e. The predicted octanol–water partition coefficient (Wildman–Crippen LogP) is 4.15. The van der Waals surface area contributed by atoms with Gasteiger partial charge in [0.2, 0.25) is 5.91 Å². The van der Waals surface area contributed by atoms with Crippen LogP contribution in [0.4, 0.5) is 25.8 Å². The Balaban J connectivity index is 1.88. The fourth-order valence-corrected chi connectivity index (χ4v) is 3.79. The smallest absolute Gasteiger partial charge is 0.406 e. The van der Waals surface area contributed by atoms with Crippen molar-refractivity contribution in [1.82, 2.24) is 16.1 Å². The van der Waals surface area contributed by atoms with Crippen LogP contribution in [-0.4, -0.2) is 30.0 Å². The lowest BCUT2D eigenvalue weighted by molar-refractivity contribution is -0.117. The normalized spacial score (nSPS) is 12.5. The van der Waals surface area contributed by atoms with Gasteiger partial charge in [0.25, 0.3) is 5.85 Å². The number of primary amides is 1. The monoisotopic (exact) mass is 536 g/mol. The van der Waals surface area contributed by atoms with Gasteiger partial charge in [0.1, 0.15) is 0 Å². The van der Waals surface area contributed by atoms with E-state index >= 15 is 0 Å². The number of nitrogens with two attached hydrogens (primary N) is 1. The molecule has 3 aromatic carbocycles. The lowest BCUT2D eigenvalue weighted by atomic mass is 9.88. The van der Waals surface area contributed by atoms with Gasteiger partial charge in [0, 0.05) is 30.3 Å². The Kier molecular flexibility index (Phi) is 8.94. The van der Waals surface area contributed by atoms with Gasteiger partial charge in [-0.3, -0.25) is 15.4 Å². The zero-order valence-electron chi connectivity index (χ0n) is 22.1. The first-order valence-electron chi connectivity index (χ1n) is 12.0. The average molecular weight is 537 g/mol. The second-order valence-corrected chi connectivity index (χ2v) is 9.67. The van der Waals surface area contributed by atoms with E-state index in [1.54, 1.807) is 50.5 Å². The van der Waals surface area contributed by atoms with E-state index in [1.807, 2.05) is 42.5 Å². The van der Waals surface area contributed by atoms with Gasteiger partial charge in [-0.1, -0.05) is 63.2 Å². The Labute approximate surface area is 225 Å². The first-order chi connectivity index (χ1) is 18.4. The van der Waals surface area contributed by atoms with Gasteiger partial charge in [-0.2, -0.15) is 0 Å². The van der Waals surface area contributed by atoms with Gasteiger partial charge in [-0.15, -0.1) is 5.48 Å². The van der Waals surface area contributed by atoms with Crippen LogP contribution in [-0.2, 0) is 20.9 Å². The number of rotatable bonds is 7. The van der Waals surface area contributed by atoms with Crippen molar-refractivity contribution in [3.8, 4) is 0 Å². The van der Waals surface area contributed by atoms with Gasteiger partial charge in [-0.25, -0.2) is 14.4 Å². The molecule has 0 spiro atoms. The molecule has 1 unspecified atom stereocenters. The van der Waals surface area contributed by atoms with E-state index in [9.17, 15) is 19.2 Å². The van der Waals surface area contributed by atoms with Crippen molar-refractivity contribution in [3.63, 3.8) is 0 Å². The van der Waals surface area contributed by atoms with Crippen molar-refractivity contribution in [2.45, 2.75) is 40.1 Å². The Morgan fingerprint density at radius 2 is 1.46 bits per heavy atom. The number of hydrogen-bond donors (Lipinski definition) is 6. The van der Waals surface area contributed by atoms with Crippen LogP contribution in [0.25, 0.3) is 10.8 Å². The van der Waals surface area contributed by atoms with Crippen LogP contribution in [0.1, 0.15) is 33.3 Å². The van der Waals surface area contributed by atoms with Crippen LogP contribution in [0.3, 0.4) is 0 Å². The second-order valence-electron chi connectivity index (χ2n) is 9.67. The third kappa shape index (κ3) is 7.82. The number of hydroxylamine groups is 1. The van der Waals surface area contributed by atoms with Gasteiger partial charge >= 0.3 is 18.2 Å². The molecule has 206 valence electrons. The number of anilines is 2. The molecule has 0 bridgehead atoms. The summed E-state index contributed by atoms with van der Waals surface area (Å²) in [6, 6.07) is 19.3. The van der Waals surface area contributed by atoms with Crippen molar-refractivity contribution in [2.75, 3.05) is 10.6 Å². The highest BCUT2D eigenvalue weighted by Gasteiger charge is 2.47. The molecule has 0 radical (unpaired) electrons. The maximum Gasteiger partial charge on any atom is 0.443 e. The standard InChI is InChI=1S/C27H32N6O6/c1-17(34)30-20-12-14-21(15-13-20)31-24(36)32-27(26(2,3)4,38-25(37)33-39-23(28)35)29-16-19-10-7-9-18-8-5-6-11-22(18)19/h5-15,29H,16H2,1-4H3,(H2,28,35)(H,30,34)(H,33,37)(H2,31,32,36). The number of benzene rings is 3. The number of urea groups is 1. The molecule has 0 saturated heterocycles. The van der Waals surface area contributed by atoms with E-state index in [0.29, 0.717) is 11.4 Å². The number of fused-ring (bicyclic) bond motifs is 1. The molecule has 12 heteroatoms. The van der Waals surface area contributed by atoms with E-state index in [0.717, 1.165) is 16.3 Å². The summed E-state index contributed by atoms with van der Waals surface area (Å²) in [5.41, 5.74) is 7.66. The molecular weight excluding hydrogens is 504 g/mol. The average Bonchev–Trinajstić information content (AvgIpc) is 2.86. The van der Waals surface area contributed by atoms with E-state index in [-0.39, 0.29) is 12.5 Å². The summed E-state index contributed by atoms with van der Waals surface area (Å²) in [6.45, 7) is 6.81. The molecule has 0 aliphatic carbocycles. The third-order valence-electron chi connectivity index (χ3n) is 5.70. The van der Waals surface area contributed by atoms with Gasteiger partial charge < -0.3 is 25.9 Å². The van der Waals surface area contributed by atoms with Crippen LogP contribution < -0.4 is 32.5 Å². The van der Waals surface area contributed by atoms with Crippen molar-refractivity contribution >= 4 is 46.3 Å². The fraction of sp³-hybridized carbons (Fsp3) is 0.259. The highest BCUT2D eigenvalue weighted by Crippen LogP contribution is 2.31. The van der Waals surface area contributed by atoms with E-state index in [1.165, 1.54) is 6.92 Å². The fourth-order valence-electron chi connectivity index (χ4n) is 3.79. The molecule has 39 heavy (non-hydrogen) atoms. The first kappa shape index (κ1) is 28.7. The van der Waals surface area contributed by atoms with Crippen LogP contribution in [0.2, 0.25) is 0 Å². The van der Waals surface area contributed by atoms with Crippen LogP contribution in [0.5, 0.6) is 0 Å². The summed E-state index contributed by atoms with van der Waals surface area (Å²) in [5, 5.41) is 13.2. The number of nitrogens with one attached hydrogen (secondary N) is 5. The minimum absolute atomic E-state index is 0.189. The second kappa shape index (κ2) is 12.1. The summed E-state index contributed by atoms with van der Waals surface area (Å²) in [5.74, 6) is -2.04. The summed E-state index contributed by atoms with van der Waals surface area (Å²) in [7, 11) is 0. The van der Waals surface area contributed by atoms with E-state index in [4.69, 9.17) is 10.5 Å². The summed E-state index contributed by atoms with van der Waals surface area (Å²) in [4.78, 5) is 52.3. The lowest BCUT2D eigenvalue weighted by Gasteiger charge is -2.44. The minimum Gasteiger partial charge on any atom is -0.406 e. The van der Waals surface area contributed by atoms with Gasteiger partial charge in [0.15, 0.2) is 0 Å². The van der Waals surface area contributed by atoms with Gasteiger partial charge in [-0.05, 0) is 40.6 Å². The van der Waals surface area contributed by atoms with Gasteiger partial charge in [0.05, 0.1) is 0 Å². The zero-order chi connectivity index (χ0) is 28.6. The Hall–Kier alpha value is -4.84. The molecule has 3 rings (SSSR count). The molecule has 0 heterocycles. The van der Waals surface area contributed by atoms with Crippen molar-refractivity contribution in [3.05, 3.63) is 72.3 Å². The molecule has 0 aromatic heterocycles. The first-order valence-corrected chi connectivity index (χ1v) is 12.0. The highest BCUT2D eigenvalue weighted by atomic mass is 16.7. The van der Waals surface area contributed by atoms with Crippen LogP contribution in [0, 0.1) is 5.41 Å². The quantitative estimate of drug-likeness (QED) is 0.194. The van der Waals surface area contributed by atoms with Crippen LogP contribution in [0.15, 0.2) is 66.7 Å². The van der Waals surface area contributed by atoms with Crippen molar-refractivity contribution < 1.29 is 28.8 Å². The molecule has 0 aliphatic heterocycles. The molecule has 0 saturated carbocycles. The molecule has 0 aliphatic rings. The number of carbonyl (C=O) groups is 4. The summed E-state index contributed by atoms with van der Waals surface area (Å²) < 4.78 is 5.64. The SMILES string of the molecule is CC(=O)Nc1ccc(NC(=O)NC(NCc2cccc3ccccc23)(OC(=O)NOC(N)=O)C(C)(C)C)cc1. The zero-order valence-corrected chi connectivity index (χ0v) is 22.1. The molecule has 1 atom stereocenters. The third-order valence-corrected chi connectivity index (χ3v) is 5.70. The Morgan fingerprint density at radius 1 is 0.846 bits per heavy atom. The lowest BCUT2D eigenvalue weighted by Crippen LogP contribution is -2.69. The maximum absolute atomic E-state index is 13.2. The number of hydrogen-bond acceptors (Lipinski definition) is 7. The highest BCUT2D eigenvalue weighted by molar-refractivity contribution is 5.92. The minimum atomic E-state index is -1.81. The van der Waals surface area contributed by atoms with E-state index < -0.39 is 29.5 Å². The predicted molar refractivity (Wildman–Crippen MR) is 146 cm³/mol. The number of carbonyl (C=O) groups excluding carboxylic acids is 4. The molecule has 12 nitrogen and oxygen atoms in total. The summed E-state index contributed by atoms with van der Waals surface area (Å²) >= 11 is 0. The summed E-state index contributed by atoms with van der Waals surface area (Å²) in [6.07, 6.45) is -2.42. The molecule has 5 amide bonds. The maximum atomic E-state index is 13.2. The number of ether oxygens (including phenoxy) is 1. The molecule has 7 N–H and O–H groups in total. The van der Waals surface area contributed by atoms with Crippen molar-refractivity contribution in [2.24, 2.45) is 11.1 Å². The topological polar surface area (TPSA) is 173 Å². The molecular formula is C27H32N6O6. The van der Waals surface area contributed by atoms with Crippen molar-refractivity contribution in [1.29, 1.82) is 0 Å². The Bertz CT molecular complexity index is 1350. The molecule has 0 fully saturated rings. The van der Waals surface area contributed by atoms with Crippen LogP contribution >= 0.6 is 0 Å². The van der Waals surface area contributed by atoms with E-state index in [2.05, 4.69) is 26.1 Å². The Morgan fingerprint density at radius 3 is 2.08 bits per heavy atom. The number of amides is 5.